The van der Waals surface area contributed by atoms with Crippen molar-refractivity contribution in [3.8, 4) is 0 Å². The number of halogens is 1. The summed E-state index contributed by atoms with van der Waals surface area (Å²) in [7, 11) is -8.91. The van der Waals surface area contributed by atoms with Crippen molar-refractivity contribution in [1.29, 1.82) is 0 Å². The van der Waals surface area contributed by atoms with Crippen LogP contribution >= 0.6 is 22.9 Å². The van der Waals surface area contributed by atoms with Gasteiger partial charge in [-0.2, -0.15) is 0 Å². The van der Waals surface area contributed by atoms with E-state index >= 15 is 0 Å². The average Bonchev–Trinajstić information content (AvgIpc) is 3.08. The maximum Gasteiger partial charge on any atom is 1.00 e. The van der Waals surface area contributed by atoms with Crippen molar-refractivity contribution in [3.05, 3.63) is 56.7 Å². The van der Waals surface area contributed by atoms with Gasteiger partial charge in [0.15, 0.2) is 0 Å². The molecule has 1 aromatic heterocycles. The minimum absolute atomic E-state index is 0. The number of hydrogen-bond donors (Lipinski definition) is 0. The third-order valence-corrected chi connectivity index (χ3v) is 5.19. The molecule has 1 atom stereocenters. The summed E-state index contributed by atoms with van der Waals surface area (Å²) in [6, 6.07) is 9.16. The molecule has 0 bridgehead atoms. The zero-order chi connectivity index (χ0) is 23.8. The van der Waals surface area contributed by atoms with Gasteiger partial charge in [0, 0.05) is 43.8 Å². The molecule has 1 aliphatic heterocycles. The number of nitrogens with zero attached hydrogens (tertiary/aromatic N) is 1. The van der Waals surface area contributed by atoms with Gasteiger partial charge < -0.3 is 22.9 Å². The molecule has 0 amide bonds. The monoisotopic (exact) mass is 646 g/mol. The number of thiophene rings is 1. The van der Waals surface area contributed by atoms with E-state index in [4.69, 9.17) is 51.4 Å². The van der Waals surface area contributed by atoms with Crippen molar-refractivity contribution in [3.63, 3.8) is 0 Å². The average molecular weight is 647 g/mol. The first kappa shape index (κ1) is 32.4. The molecule has 0 spiro atoms. The Labute approximate surface area is 253 Å². The Balaban J connectivity index is 0.000000740. The van der Waals surface area contributed by atoms with Gasteiger partial charge in [-0.3, -0.25) is 21.7 Å². The molecule has 1 aromatic carbocycles. The molecule has 0 N–H and O–H groups in total. The second-order valence-corrected chi connectivity index (χ2v) is 8.89. The summed E-state index contributed by atoms with van der Waals surface area (Å²) in [6.45, 7) is 1.59. The quantitative estimate of drug-likeness (QED) is 0.204. The van der Waals surface area contributed by atoms with Crippen molar-refractivity contribution in [2.75, 3.05) is 13.7 Å². The van der Waals surface area contributed by atoms with Gasteiger partial charge in [0.2, 0.25) is 0 Å². The van der Waals surface area contributed by atoms with Crippen LogP contribution in [0.4, 0.5) is 0 Å². The number of ether oxygens (including phenoxy) is 1. The van der Waals surface area contributed by atoms with Crippen LogP contribution in [0.2, 0.25) is 5.02 Å². The normalized spacial score (nSPS) is 14.3. The molecule has 11 nitrogen and oxygen atoms in total. The van der Waals surface area contributed by atoms with Gasteiger partial charge in [0.05, 0.1) is 7.11 Å². The second kappa shape index (κ2) is 14.7. The number of fused-ring (bicyclic) bond motifs is 1. The van der Waals surface area contributed by atoms with Crippen LogP contribution in [0.1, 0.15) is 22.0 Å². The zero-order valence-corrected chi connectivity index (χ0v) is 26.3. The Morgan fingerprint density at radius 3 is 2.12 bits per heavy atom. The molecular formula is C16H16ClCsNO10S3-3. The van der Waals surface area contributed by atoms with Crippen LogP contribution in [0.5, 0.6) is 0 Å². The van der Waals surface area contributed by atoms with Crippen molar-refractivity contribution < 1.29 is 113 Å². The van der Waals surface area contributed by atoms with Gasteiger partial charge in [-0.15, -0.1) is 11.3 Å². The summed E-state index contributed by atoms with van der Waals surface area (Å²) in [4.78, 5) is 15.8. The van der Waals surface area contributed by atoms with E-state index in [1.54, 1.807) is 11.3 Å². The predicted molar refractivity (Wildman–Crippen MR) is 106 cm³/mol. The summed E-state index contributed by atoms with van der Waals surface area (Å²) >= 11 is 8.07. The van der Waals surface area contributed by atoms with Gasteiger partial charge in [-0.25, -0.2) is 4.79 Å². The van der Waals surface area contributed by atoms with E-state index in [-0.39, 0.29) is 74.9 Å². The first-order valence-corrected chi connectivity index (χ1v) is 12.1. The van der Waals surface area contributed by atoms with Crippen LogP contribution in [0, 0.1) is 0 Å². The zero-order valence-electron chi connectivity index (χ0n) is 16.8. The van der Waals surface area contributed by atoms with Crippen LogP contribution in [-0.2, 0) is 43.3 Å². The molecule has 32 heavy (non-hydrogen) atoms. The number of hydrogen-bond acceptors (Lipinski definition) is 12. The summed E-state index contributed by atoms with van der Waals surface area (Å²) in [5.41, 5.74) is 2.11. The first-order valence-electron chi connectivity index (χ1n) is 8.15. The molecular weight excluding hydrogens is 631 g/mol. The number of carbonyl (C=O) groups excluding carboxylic acids is 1. The molecule has 1 aliphatic rings. The number of carbonyl (C=O) groups is 1. The minimum atomic E-state index is -5.17. The molecule has 0 fully saturated rings. The van der Waals surface area contributed by atoms with E-state index in [1.807, 2.05) is 24.3 Å². The maximum atomic E-state index is 12.3. The van der Waals surface area contributed by atoms with Gasteiger partial charge in [-0.1, -0.05) is 29.8 Å². The molecule has 16 heteroatoms. The van der Waals surface area contributed by atoms with Gasteiger partial charge >= 0.3 is 74.9 Å². The molecule has 0 aliphatic carbocycles. The van der Waals surface area contributed by atoms with Gasteiger partial charge in [0.1, 0.15) is 6.04 Å². The third kappa shape index (κ3) is 13.4. The SMILES string of the molecule is COC(=O)[C@H](c1ccccc1Cl)N1CCc2sccc2C1.O=S(=O)([O-])[O-].O=S(=O)([O-])[O-].[Cs+]. The van der Waals surface area contributed by atoms with E-state index in [2.05, 4.69) is 16.3 Å². The number of methoxy groups -OCH3 is 1. The van der Waals surface area contributed by atoms with Crippen LogP contribution in [0.3, 0.4) is 0 Å². The Hall–Kier alpha value is 0.432. The van der Waals surface area contributed by atoms with E-state index in [1.165, 1.54) is 17.6 Å². The van der Waals surface area contributed by atoms with Crippen LogP contribution in [0.25, 0.3) is 0 Å². The van der Waals surface area contributed by atoms with Gasteiger partial charge in [-0.05, 0) is 35.1 Å². The molecule has 0 unspecified atom stereocenters. The van der Waals surface area contributed by atoms with Crippen molar-refractivity contribution in [1.82, 2.24) is 4.90 Å². The van der Waals surface area contributed by atoms with Crippen LogP contribution in [0.15, 0.2) is 35.7 Å². The molecule has 174 valence electrons. The Morgan fingerprint density at radius 2 is 1.62 bits per heavy atom. The first-order chi connectivity index (χ1) is 14.2. The molecule has 0 radical (unpaired) electrons. The maximum absolute atomic E-state index is 12.3. The largest absolute Gasteiger partial charge is 1.00 e. The van der Waals surface area contributed by atoms with Crippen molar-refractivity contribution in [2.24, 2.45) is 0 Å². The summed E-state index contributed by atoms with van der Waals surface area (Å²) in [6.07, 6.45) is 0.963. The number of esters is 1. The molecule has 3 rings (SSSR count). The van der Waals surface area contributed by atoms with Crippen LogP contribution < -0.4 is 68.9 Å². The van der Waals surface area contributed by atoms with Crippen molar-refractivity contribution in [2.45, 2.75) is 19.0 Å². The fraction of sp³-hybridized carbons (Fsp3) is 0.312. The second-order valence-electron chi connectivity index (χ2n) is 5.85. The molecule has 0 saturated heterocycles. The topological polar surface area (TPSA) is 190 Å². The Bertz CT molecular complexity index is 1040. The van der Waals surface area contributed by atoms with Gasteiger partial charge in [0.25, 0.3) is 0 Å². The summed E-state index contributed by atoms with van der Waals surface area (Å²) < 4.78 is 73.2. The minimum Gasteiger partial charge on any atom is -0.759 e. The van der Waals surface area contributed by atoms with E-state index in [0.717, 1.165) is 25.1 Å². The van der Waals surface area contributed by atoms with E-state index < -0.39 is 26.8 Å². The Kier molecular flexibility index (Phi) is 14.9. The smallest absolute Gasteiger partial charge is 0.759 e. The molecule has 2 heterocycles. The van der Waals surface area contributed by atoms with E-state index in [0.29, 0.717) is 5.02 Å². The Morgan fingerprint density at radius 1 is 1.09 bits per heavy atom. The fourth-order valence-electron chi connectivity index (χ4n) is 2.77. The number of benzene rings is 1. The summed E-state index contributed by atoms with van der Waals surface area (Å²) in [5.74, 6) is -0.262. The number of rotatable bonds is 3. The molecule has 0 saturated carbocycles. The van der Waals surface area contributed by atoms with E-state index in [9.17, 15) is 4.79 Å². The van der Waals surface area contributed by atoms with Crippen LogP contribution in [-0.4, -0.2) is 59.6 Å². The fourth-order valence-corrected chi connectivity index (χ4v) is 3.90. The third-order valence-electron chi connectivity index (χ3n) is 3.83. The predicted octanol–water partition coefficient (Wildman–Crippen LogP) is -2.00. The summed E-state index contributed by atoms with van der Waals surface area (Å²) in [5, 5.41) is 2.71. The molecule has 2 aromatic rings. The standard InChI is InChI=1S/C16H16ClNO2S.Cs.2H2O4S/c1-20-16(19)15(12-4-2-3-5-13(12)17)18-8-6-14-11(10-18)7-9-21-14;;2*1-5(2,3)4/h2-5,7,9,15H,6,8,10H2,1H3;;2*(H2,1,2,3,4)/q;+1;;/p-4/t15-;;;/m0.../s1. The van der Waals surface area contributed by atoms with Crippen molar-refractivity contribution >= 4 is 49.7 Å².